The number of nitrogens with zero attached hydrogens (tertiary/aromatic N) is 2. The standard InChI is InChI=1S/C10H18N2O/c1-7(2)5-9-10(13)6-11-12(9)8(3)4/h6-8,13H,5H2,1-4H3. The average molecular weight is 182 g/mol. The summed E-state index contributed by atoms with van der Waals surface area (Å²) in [5.74, 6) is 0.863. The maximum Gasteiger partial charge on any atom is 0.156 e. The molecule has 1 rings (SSSR count). The summed E-state index contributed by atoms with van der Waals surface area (Å²) in [6.07, 6.45) is 2.40. The summed E-state index contributed by atoms with van der Waals surface area (Å²) in [6.45, 7) is 8.40. The summed E-state index contributed by atoms with van der Waals surface area (Å²) in [6, 6.07) is 0.314. The molecule has 74 valence electrons. The molecule has 1 aromatic heterocycles. The van der Waals surface area contributed by atoms with Gasteiger partial charge in [-0.15, -0.1) is 0 Å². The SMILES string of the molecule is CC(C)Cc1c(O)cnn1C(C)C. The molecule has 0 amide bonds. The van der Waals surface area contributed by atoms with E-state index in [2.05, 4.69) is 32.8 Å². The molecular formula is C10H18N2O. The summed E-state index contributed by atoms with van der Waals surface area (Å²) in [4.78, 5) is 0. The second-order valence-electron chi connectivity index (χ2n) is 4.11. The molecule has 0 aromatic carbocycles. The number of hydrogen-bond donors (Lipinski definition) is 1. The Labute approximate surface area is 79.4 Å². The first-order valence-corrected chi connectivity index (χ1v) is 4.77. The summed E-state index contributed by atoms with van der Waals surface area (Å²) < 4.78 is 1.88. The van der Waals surface area contributed by atoms with E-state index in [9.17, 15) is 5.11 Å². The normalized spacial score (nSPS) is 11.5. The van der Waals surface area contributed by atoms with Crippen molar-refractivity contribution in [1.82, 2.24) is 9.78 Å². The fraction of sp³-hybridized carbons (Fsp3) is 0.700. The van der Waals surface area contributed by atoms with Gasteiger partial charge in [-0.25, -0.2) is 0 Å². The van der Waals surface area contributed by atoms with Crippen LogP contribution in [0.5, 0.6) is 5.75 Å². The molecule has 0 aliphatic rings. The van der Waals surface area contributed by atoms with Gasteiger partial charge in [0.1, 0.15) is 0 Å². The largest absolute Gasteiger partial charge is 0.504 e. The smallest absolute Gasteiger partial charge is 0.156 e. The third-order valence-electron chi connectivity index (χ3n) is 1.97. The second kappa shape index (κ2) is 3.81. The average Bonchev–Trinajstić information content (AvgIpc) is 2.32. The van der Waals surface area contributed by atoms with E-state index >= 15 is 0 Å². The predicted octanol–water partition coefficient (Wildman–Crippen LogP) is 2.37. The number of aromatic hydroxyl groups is 1. The van der Waals surface area contributed by atoms with Crippen molar-refractivity contribution in [2.75, 3.05) is 0 Å². The lowest BCUT2D eigenvalue weighted by Gasteiger charge is -2.12. The number of hydrogen-bond acceptors (Lipinski definition) is 2. The van der Waals surface area contributed by atoms with Gasteiger partial charge in [-0.3, -0.25) is 4.68 Å². The maximum atomic E-state index is 9.55. The molecule has 0 saturated carbocycles. The van der Waals surface area contributed by atoms with Crippen LogP contribution < -0.4 is 0 Å². The Morgan fingerprint density at radius 2 is 2.00 bits per heavy atom. The molecule has 3 heteroatoms. The van der Waals surface area contributed by atoms with Crippen molar-refractivity contribution < 1.29 is 5.11 Å². The van der Waals surface area contributed by atoms with Gasteiger partial charge in [-0.05, 0) is 26.2 Å². The lowest BCUT2D eigenvalue weighted by molar-refractivity contribution is 0.441. The zero-order valence-corrected chi connectivity index (χ0v) is 8.78. The van der Waals surface area contributed by atoms with Crippen LogP contribution in [-0.4, -0.2) is 14.9 Å². The van der Waals surface area contributed by atoms with E-state index in [1.54, 1.807) is 0 Å². The van der Waals surface area contributed by atoms with E-state index in [4.69, 9.17) is 0 Å². The van der Waals surface area contributed by atoms with Gasteiger partial charge >= 0.3 is 0 Å². The molecule has 13 heavy (non-hydrogen) atoms. The molecule has 0 bridgehead atoms. The summed E-state index contributed by atoms with van der Waals surface area (Å²) in [5, 5.41) is 13.7. The monoisotopic (exact) mass is 182 g/mol. The second-order valence-corrected chi connectivity index (χ2v) is 4.11. The van der Waals surface area contributed by atoms with Gasteiger partial charge in [0.15, 0.2) is 5.75 Å². The molecule has 0 saturated heterocycles. The van der Waals surface area contributed by atoms with Gasteiger partial charge in [0.2, 0.25) is 0 Å². The minimum absolute atomic E-state index is 0.314. The summed E-state index contributed by atoms with van der Waals surface area (Å²) in [5.41, 5.74) is 0.949. The van der Waals surface area contributed by atoms with Crippen LogP contribution in [-0.2, 0) is 6.42 Å². The fourth-order valence-corrected chi connectivity index (χ4v) is 1.41. The molecule has 1 heterocycles. The van der Waals surface area contributed by atoms with Crippen LogP contribution in [0, 0.1) is 5.92 Å². The van der Waals surface area contributed by atoms with Crippen LogP contribution >= 0.6 is 0 Å². The minimum Gasteiger partial charge on any atom is -0.504 e. The molecule has 3 nitrogen and oxygen atoms in total. The van der Waals surface area contributed by atoms with Gasteiger partial charge in [0, 0.05) is 6.04 Å². The van der Waals surface area contributed by atoms with Crippen molar-refractivity contribution in [3.05, 3.63) is 11.9 Å². The molecule has 1 N–H and O–H groups in total. The highest BCUT2D eigenvalue weighted by Gasteiger charge is 2.12. The predicted molar refractivity (Wildman–Crippen MR) is 52.8 cm³/mol. The lowest BCUT2D eigenvalue weighted by atomic mass is 10.1. The van der Waals surface area contributed by atoms with Crippen molar-refractivity contribution in [1.29, 1.82) is 0 Å². The minimum atomic E-state index is 0.314. The zero-order valence-electron chi connectivity index (χ0n) is 8.78. The van der Waals surface area contributed by atoms with Crippen molar-refractivity contribution in [2.24, 2.45) is 5.92 Å². The zero-order chi connectivity index (χ0) is 10.0. The van der Waals surface area contributed by atoms with Crippen molar-refractivity contribution in [3.8, 4) is 5.75 Å². The van der Waals surface area contributed by atoms with E-state index in [1.807, 2.05) is 4.68 Å². The molecular weight excluding hydrogens is 164 g/mol. The van der Waals surface area contributed by atoms with Crippen molar-refractivity contribution in [3.63, 3.8) is 0 Å². The lowest BCUT2D eigenvalue weighted by Crippen LogP contribution is -2.09. The molecule has 0 aliphatic carbocycles. The molecule has 1 aromatic rings. The molecule has 0 atom stereocenters. The van der Waals surface area contributed by atoms with Gasteiger partial charge in [-0.1, -0.05) is 13.8 Å². The Morgan fingerprint density at radius 1 is 1.38 bits per heavy atom. The van der Waals surface area contributed by atoms with Crippen LogP contribution in [0.25, 0.3) is 0 Å². The molecule has 0 radical (unpaired) electrons. The molecule has 0 unspecified atom stereocenters. The van der Waals surface area contributed by atoms with Gasteiger partial charge in [0.05, 0.1) is 11.9 Å². The summed E-state index contributed by atoms with van der Waals surface area (Å²) >= 11 is 0. The van der Waals surface area contributed by atoms with Gasteiger partial charge in [-0.2, -0.15) is 5.10 Å². The van der Waals surface area contributed by atoms with E-state index in [0.29, 0.717) is 17.7 Å². The topological polar surface area (TPSA) is 38.1 Å². The Bertz CT molecular complexity index is 276. The van der Waals surface area contributed by atoms with Crippen LogP contribution in [0.2, 0.25) is 0 Å². The summed E-state index contributed by atoms with van der Waals surface area (Å²) in [7, 11) is 0. The van der Waals surface area contributed by atoms with Crippen molar-refractivity contribution in [2.45, 2.75) is 40.2 Å². The number of aromatic nitrogens is 2. The highest BCUT2D eigenvalue weighted by Crippen LogP contribution is 2.22. The van der Waals surface area contributed by atoms with Crippen molar-refractivity contribution >= 4 is 0 Å². The fourth-order valence-electron chi connectivity index (χ4n) is 1.41. The van der Waals surface area contributed by atoms with Crippen LogP contribution in [0.4, 0.5) is 0 Å². The van der Waals surface area contributed by atoms with Gasteiger partial charge < -0.3 is 5.11 Å². The quantitative estimate of drug-likeness (QED) is 0.779. The van der Waals surface area contributed by atoms with Crippen LogP contribution in [0.1, 0.15) is 39.4 Å². The third kappa shape index (κ3) is 2.23. The first-order valence-electron chi connectivity index (χ1n) is 4.77. The molecule has 0 aliphatic heterocycles. The van der Waals surface area contributed by atoms with E-state index < -0.39 is 0 Å². The van der Waals surface area contributed by atoms with Crippen LogP contribution in [0.15, 0.2) is 6.20 Å². The van der Waals surface area contributed by atoms with E-state index in [0.717, 1.165) is 12.1 Å². The highest BCUT2D eigenvalue weighted by molar-refractivity contribution is 5.23. The maximum absolute atomic E-state index is 9.55. The van der Waals surface area contributed by atoms with Crippen LogP contribution in [0.3, 0.4) is 0 Å². The Balaban J connectivity index is 2.94. The molecule has 0 fully saturated rings. The number of rotatable bonds is 3. The first kappa shape index (κ1) is 10.1. The van der Waals surface area contributed by atoms with E-state index in [-0.39, 0.29) is 0 Å². The van der Waals surface area contributed by atoms with Gasteiger partial charge in [0.25, 0.3) is 0 Å². The van der Waals surface area contributed by atoms with E-state index in [1.165, 1.54) is 6.20 Å². The highest BCUT2D eigenvalue weighted by atomic mass is 16.3. The Hall–Kier alpha value is -0.990. The Morgan fingerprint density at radius 3 is 2.46 bits per heavy atom. The molecule has 0 spiro atoms. The Kier molecular flexibility index (Phi) is 2.96. The third-order valence-corrected chi connectivity index (χ3v) is 1.97. The first-order chi connectivity index (χ1) is 6.02.